The SMILES string of the molecule is C1CC[C@H]2CC[C@@H]2C1. The first-order valence-electron chi connectivity index (χ1n) is 3.97. The maximum Gasteiger partial charge on any atom is -0.0386 e. The molecule has 0 unspecified atom stereocenters. The van der Waals surface area contributed by atoms with Crippen LogP contribution in [0.5, 0.6) is 0 Å². The van der Waals surface area contributed by atoms with Crippen molar-refractivity contribution in [1.29, 1.82) is 0 Å². The van der Waals surface area contributed by atoms with Crippen molar-refractivity contribution in [3.63, 3.8) is 0 Å². The van der Waals surface area contributed by atoms with Crippen LogP contribution in [0.2, 0.25) is 0 Å². The molecule has 46 valence electrons. The Morgan fingerprint density at radius 3 is 1.38 bits per heavy atom. The van der Waals surface area contributed by atoms with Gasteiger partial charge in [-0.05, 0) is 24.7 Å². The van der Waals surface area contributed by atoms with Gasteiger partial charge in [0.05, 0.1) is 0 Å². The van der Waals surface area contributed by atoms with E-state index >= 15 is 0 Å². The number of hydrogen-bond donors (Lipinski definition) is 0. The van der Waals surface area contributed by atoms with Gasteiger partial charge in [-0.3, -0.25) is 0 Å². The van der Waals surface area contributed by atoms with Gasteiger partial charge in [0.25, 0.3) is 0 Å². The van der Waals surface area contributed by atoms with Crippen molar-refractivity contribution in [3.8, 4) is 0 Å². The summed E-state index contributed by atoms with van der Waals surface area (Å²) in [5, 5.41) is 0. The Hall–Kier alpha value is 0. The molecule has 0 nitrogen and oxygen atoms in total. The van der Waals surface area contributed by atoms with Crippen molar-refractivity contribution in [1.82, 2.24) is 0 Å². The van der Waals surface area contributed by atoms with Crippen molar-refractivity contribution >= 4 is 0 Å². The van der Waals surface area contributed by atoms with Crippen LogP contribution < -0.4 is 0 Å². The molecule has 0 spiro atoms. The van der Waals surface area contributed by atoms with Gasteiger partial charge in [0.1, 0.15) is 0 Å². The van der Waals surface area contributed by atoms with Gasteiger partial charge in [0.2, 0.25) is 0 Å². The summed E-state index contributed by atoms with van der Waals surface area (Å²) in [7, 11) is 0. The van der Waals surface area contributed by atoms with Crippen LogP contribution in [0.3, 0.4) is 0 Å². The zero-order valence-corrected chi connectivity index (χ0v) is 5.40. The lowest BCUT2D eigenvalue weighted by Crippen LogP contribution is -2.28. The molecule has 2 rings (SSSR count). The second-order valence-electron chi connectivity index (χ2n) is 3.38. The normalized spacial score (nSPS) is 45.0. The molecule has 2 saturated carbocycles. The summed E-state index contributed by atoms with van der Waals surface area (Å²) in [6, 6.07) is 0. The van der Waals surface area contributed by atoms with Crippen LogP contribution in [-0.2, 0) is 0 Å². The standard InChI is InChI=1S/C8H14/c1-2-4-8-6-5-7(8)3-1/h7-8H,1-6H2/t7-,8-/m0/s1. The number of hydrogen-bond acceptors (Lipinski definition) is 0. The van der Waals surface area contributed by atoms with Crippen LogP contribution in [0.4, 0.5) is 0 Å². The van der Waals surface area contributed by atoms with Crippen molar-refractivity contribution in [2.24, 2.45) is 11.8 Å². The van der Waals surface area contributed by atoms with E-state index in [1.54, 1.807) is 25.7 Å². The molecule has 0 amide bonds. The maximum absolute atomic E-state index is 1.56. The fraction of sp³-hybridized carbons (Fsp3) is 1.00. The Kier molecular flexibility index (Phi) is 1.06. The van der Waals surface area contributed by atoms with Gasteiger partial charge >= 0.3 is 0 Å². The van der Waals surface area contributed by atoms with Gasteiger partial charge in [-0.15, -0.1) is 0 Å². The minimum atomic E-state index is 1.18. The van der Waals surface area contributed by atoms with E-state index in [1.807, 2.05) is 0 Å². The first kappa shape index (κ1) is 4.84. The quantitative estimate of drug-likeness (QED) is 0.449. The number of fused-ring (bicyclic) bond motifs is 1. The minimum Gasteiger partial charge on any atom is -0.0530 e. The Balaban J connectivity index is 1.92. The zero-order chi connectivity index (χ0) is 5.40. The Bertz CT molecular complexity index is 74.0. The van der Waals surface area contributed by atoms with E-state index in [2.05, 4.69) is 0 Å². The number of rotatable bonds is 0. The smallest absolute Gasteiger partial charge is 0.0386 e. The molecule has 2 aliphatic carbocycles. The molecule has 2 atom stereocenters. The monoisotopic (exact) mass is 110 g/mol. The van der Waals surface area contributed by atoms with E-state index in [4.69, 9.17) is 0 Å². The molecule has 0 aromatic carbocycles. The summed E-state index contributed by atoms with van der Waals surface area (Å²) in [5.41, 5.74) is 0. The molecule has 2 aliphatic rings. The highest BCUT2D eigenvalue weighted by molar-refractivity contribution is 4.83. The fourth-order valence-corrected chi connectivity index (χ4v) is 2.21. The highest BCUT2D eigenvalue weighted by Crippen LogP contribution is 2.44. The van der Waals surface area contributed by atoms with E-state index < -0.39 is 0 Å². The molecular weight excluding hydrogens is 96.1 g/mol. The second-order valence-corrected chi connectivity index (χ2v) is 3.38. The lowest BCUT2D eigenvalue weighted by Gasteiger charge is -2.40. The van der Waals surface area contributed by atoms with E-state index in [0.717, 1.165) is 0 Å². The van der Waals surface area contributed by atoms with Gasteiger partial charge < -0.3 is 0 Å². The predicted octanol–water partition coefficient (Wildman–Crippen LogP) is 2.59. The first-order valence-corrected chi connectivity index (χ1v) is 3.97. The van der Waals surface area contributed by atoms with Crippen LogP contribution in [-0.4, -0.2) is 0 Å². The van der Waals surface area contributed by atoms with Crippen molar-refractivity contribution in [2.45, 2.75) is 38.5 Å². The summed E-state index contributed by atoms with van der Waals surface area (Å²) < 4.78 is 0. The van der Waals surface area contributed by atoms with Crippen LogP contribution in [0.1, 0.15) is 38.5 Å². The summed E-state index contributed by atoms with van der Waals surface area (Å²) in [6.07, 6.45) is 9.30. The highest BCUT2D eigenvalue weighted by Gasteiger charge is 2.31. The van der Waals surface area contributed by atoms with E-state index in [9.17, 15) is 0 Å². The predicted molar refractivity (Wildman–Crippen MR) is 34.7 cm³/mol. The summed E-state index contributed by atoms with van der Waals surface area (Å²) in [4.78, 5) is 0. The van der Waals surface area contributed by atoms with Gasteiger partial charge in [-0.25, -0.2) is 0 Å². The fourth-order valence-electron chi connectivity index (χ4n) is 2.21. The average molecular weight is 110 g/mol. The Labute approximate surface area is 51.3 Å². The third-order valence-electron chi connectivity index (χ3n) is 2.97. The molecule has 0 aromatic heterocycles. The van der Waals surface area contributed by atoms with Crippen LogP contribution in [0, 0.1) is 11.8 Å². The van der Waals surface area contributed by atoms with Crippen molar-refractivity contribution in [3.05, 3.63) is 0 Å². The molecule has 0 radical (unpaired) electrons. The van der Waals surface area contributed by atoms with Crippen molar-refractivity contribution < 1.29 is 0 Å². The summed E-state index contributed by atoms with van der Waals surface area (Å²) >= 11 is 0. The van der Waals surface area contributed by atoms with Crippen LogP contribution in [0.15, 0.2) is 0 Å². The minimum absolute atomic E-state index is 1.18. The Morgan fingerprint density at radius 1 is 0.625 bits per heavy atom. The molecule has 0 aromatic rings. The first-order chi connectivity index (χ1) is 3.97. The van der Waals surface area contributed by atoms with Gasteiger partial charge in [-0.2, -0.15) is 0 Å². The van der Waals surface area contributed by atoms with E-state index in [0.29, 0.717) is 0 Å². The maximum atomic E-state index is 1.56. The third kappa shape index (κ3) is 0.586. The lowest BCUT2D eigenvalue weighted by atomic mass is 9.66. The molecule has 2 fully saturated rings. The largest absolute Gasteiger partial charge is 0.0530 e. The summed E-state index contributed by atoms with van der Waals surface area (Å²) in [5.74, 6) is 2.37. The molecule has 0 saturated heterocycles. The summed E-state index contributed by atoms with van der Waals surface area (Å²) in [6.45, 7) is 0. The molecule has 0 bridgehead atoms. The van der Waals surface area contributed by atoms with Crippen LogP contribution >= 0.6 is 0 Å². The molecule has 0 N–H and O–H groups in total. The zero-order valence-electron chi connectivity index (χ0n) is 5.40. The molecule has 8 heavy (non-hydrogen) atoms. The van der Waals surface area contributed by atoms with Gasteiger partial charge in [0.15, 0.2) is 0 Å². The Morgan fingerprint density at radius 2 is 1.12 bits per heavy atom. The van der Waals surface area contributed by atoms with E-state index in [1.165, 1.54) is 24.7 Å². The van der Waals surface area contributed by atoms with Crippen molar-refractivity contribution in [2.75, 3.05) is 0 Å². The van der Waals surface area contributed by atoms with Crippen LogP contribution in [0.25, 0.3) is 0 Å². The van der Waals surface area contributed by atoms with E-state index in [-0.39, 0.29) is 0 Å². The topological polar surface area (TPSA) is 0 Å². The molecule has 0 aliphatic heterocycles. The lowest BCUT2D eigenvalue weighted by molar-refractivity contribution is 0.115. The molecule has 0 heteroatoms. The molecule has 0 heterocycles. The molecular formula is C8H14. The third-order valence-corrected chi connectivity index (χ3v) is 2.97. The second kappa shape index (κ2) is 1.75. The van der Waals surface area contributed by atoms with Gasteiger partial charge in [-0.1, -0.05) is 25.7 Å². The highest BCUT2D eigenvalue weighted by atomic mass is 14.4. The van der Waals surface area contributed by atoms with Gasteiger partial charge in [0, 0.05) is 0 Å². The average Bonchev–Trinajstić information content (AvgIpc) is 1.72.